The number of fused-ring (bicyclic) bond motifs is 12. The fraction of sp³-hybridized carbons (Fsp3) is 0.379. The normalized spacial score (nSPS) is 20.5. The van der Waals surface area contributed by atoms with Gasteiger partial charge in [-0.15, -0.1) is 0 Å². The molecule has 3 aromatic carbocycles. The molecule has 0 spiro atoms. The number of nitrogens with zero attached hydrogens (tertiary/aromatic N) is 3. The van der Waals surface area contributed by atoms with E-state index in [2.05, 4.69) is 15.0 Å². The van der Waals surface area contributed by atoms with Crippen LogP contribution in [0.1, 0.15) is 143 Å². The van der Waals surface area contributed by atoms with E-state index in [-0.39, 0.29) is 102 Å². The average Bonchev–Trinajstić information content (AvgIpc) is 4.30. The maximum Gasteiger partial charge on any atom is 0.356 e. The molecule has 9 heterocycles. The van der Waals surface area contributed by atoms with Crippen LogP contribution in [0.2, 0.25) is 0 Å². The zero-order valence-electron chi connectivity index (χ0n) is 42.9. The van der Waals surface area contributed by atoms with Gasteiger partial charge in [-0.1, -0.05) is 0 Å². The molecule has 6 aromatic rings. The van der Waals surface area contributed by atoms with Crippen molar-refractivity contribution < 1.29 is 73.0 Å². The average molecular weight is 1100 g/mol. The highest BCUT2D eigenvalue weighted by molar-refractivity contribution is 7.93. The highest BCUT2D eigenvalue weighted by Crippen LogP contribution is 2.47. The molecule has 3 fully saturated rings. The number of esters is 3. The van der Waals surface area contributed by atoms with Gasteiger partial charge in [0.25, 0.3) is 0 Å². The largest absolute Gasteiger partial charge is 0.461 e. The molecule has 0 aliphatic carbocycles. The van der Waals surface area contributed by atoms with E-state index in [9.17, 15) is 44.6 Å². The van der Waals surface area contributed by atoms with Crippen LogP contribution in [0, 0.1) is 34.9 Å². The van der Waals surface area contributed by atoms with Gasteiger partial charge in [0, 0.05) is 72.6 Å². The van der Waals surface area contributed by atoms with E-state index in [0.717, 1.165) is 73.4 Å². The molecule has 6 aliphatic rings. The first-order chi connectivity index (χ1) is 37.6. The summed E-state index contributed by atoms with van der Waals surface area (Å²) in [7, 11) is 0. The number of ether oxygens (including phenoxy) is 6. The first kappa shape index (κ1) is 56.0. The number of pyridine rings is 3. The van der Waals surface area contributed by atoms with Gasteiger partial charge in [0.15, 0.2) is 0 Å². The third-order valence-corrected chi connectivity index (χ3v) is 14.1. The molecule has 0 radical (unpaired) electrons. The first-order valence-electron chi connectivity index (χ1n) is 25.7. The van der Waals surface area contributed by atoms with Gasteiger partial charge < -0.3 is 28.4 Å². The second kappa shape index (κ2) is 24.5. The van der Waals surface area contributed by atoms with Crippen LogP contribution >= 0.6 is 12.1 Å². The van der Waals surface area contributed by atoms with Crippen LogP contribution in [-0.4, -0.2) is 77.2 Å². The summed E-state index contributed by atoms with van der Waals surface area (Å²) >= 11 is 0.250. The van der Waals surface area contributed by atoms with Crippen LogP contribution in [0.4, 0.5) is 30.2 Å². The van der Waals surface area contributed by atoms with Crippen LogP contribution in [0.15, 0.2) is 72.8 Å². The Morgan fingerprint density at radius 3 is 0.974 bits per heavy atom. The van der Waals surface area contributed by atoms with E-state index in [4.69, 9.17) is 28.4 Å². The summed E-state index contributed by atoms with van der Waals surface area (Å²) in [5.41, 5.74) is 7.42. The van der Waals surface area contributed by atoms with Gasteiger partial charge in [0.1, 0.15) is 70.3 Å². The topological polar surface area (TPSA) is 145 Å². The SMILES string of the molecule is CCOC(=O)c1cc(-c2ccc(F)cc2F)c2c(n1)C1CCC(C2)O1.CCOC(=O)c1cc(-c2ccc(F)cc2F)c2c(n1)[C@@H]1CC[C@H](C2)O1.CCOC(=O)c1cc(-c2ccc(F)cc2F)c2c(n1)[C@H]1CC[C@@H](C2)O1.CSF. The number of hydrogen-bond acceptors (Lipinski definition) is 13. The van der Waals surface area contributed by atoms with Crippen LogP contribution in [0.3, 0.4) is 0 Å². The molecule has 2 unspecified atom stereocenters. The standard InChI is InChI=1S/3C19H17F2NO3.CH3FS/c3*1-2-24-19(23)16-9-13(12-5-3-10(20)7-15(12)21)14-8-11-4-6-17(25-11)18(14)22-16;1-3-2/h3*3,5,7,9,11,17H,2,4,6,8H2,1H3;1H3/t2*11-,17+;;/m10../s1. The number of halogens is 7. The van der Waals surface area contributed by atoms with Crippen LogP contribution < -0.4 is 0 Å². The zero-order chi connectivity index (χ0) is 55.4. The van der Waals surface area contributed by atoms with Gasteiger partial charge in [0.05, 0.1) is 55.2 Å². The molecule has 6 bridgehead atoms. The summed E-state index contributed by atoms with van der Waals surface area (Å²) in [5, 5.41) is 0. The Morgan fingerprint density at radius 2 is 0.731 bits per heavy atom. The lowest BCUT2D eigenvalue weighted by Gasteiger charge is -2.26. The second-order valence-corrected chi connectivity index (χ2v) is 19.3. The number of carbonyl (C=O) groups is 3. The Balaban J connectivity index is 0.000000139. The predicted octanol–water partition coefficient (Wildman–Crippen LogP) is 13.2. The molecule has 0 N–H and O–H groups in total. The Kier molecular flexibility index (Phi) is 17.6. The molecular formula is C58H54F7N3O9S. The van der Waals surface area contributed by atoms with Crippen molar-refractivity contribution in [2.24, 2.45) is 0 Å². The zero-order valence-corrected chi connectivity index (χ0v) is 43.8. The predicted molar refractivity (Wildman–Crippen MR) is 273 cm³/mol. The first-order valence-corrected chi connectivity index (χ1v) is 26.8. The molecule has 0 saturated carbocycles. The minimum absolute atomic E-state index is 0.0787. The molecule has 410 valence electrons. The van der Waals surface area contributed by atoms with Crippen molar-refractivity contribution in [2.75, 3.05) is 26.1 Å². The van der Waals surface area contributed by atoms with Crippen molar-refractivity contribution in [3.05, 3.63) is 159 Å². The summed E-state index contributed by atoms with van der Waals surface area (Å²) in [6.45, 7) is 5.80. The highest BCUT2D eigenvalue weighted by atomic mass is 32.2. The fourth-order valence-electron chi connectivity index (χ4n) is 10.8. The number of benzene rings is 3. The minimum Gasteiger partial charge on any atom is -0.461 e. The van der Waals surface area contributed by atoms with Gasteiger partial charge in [-0.05, 0) is 147 Å². The molecule has 6 aliphatic heterocycles. The van der Waals surface area contributed by atoms with Crippen molar-refractivity contribution in [3.8, 4) is 33.4 Å². The van der Waals surface area contributed by atoms with E-state index in [1.54, 1.807) is 20.8 Å². The van der Waals surface area contributed by atoms with E-state index in [1.165, 1.54) is 60.9 Å². The lowest BCUT2D eigenvalue weighted by Crippen LogP contribution is -2.22. The van der Waals surface area contributed by atoms with Crippen molar-refractivity contribution >= 4 is 30.1 Å². The van der Waals surface area contributed by atoms with E-state index in [0.29, 0.717) is 53.0 Å². The van der Waals surface area contributed by atoms with Crippen LogP contribution in [0.25, 0.3) is 33.4 Å². The molecule has 78 heavy (non-hydrogen) atoms. The van der Waals surface area contributed by atoms with Gasteiger partial charge in [-0.25, -0.2) is 55.7 Å². The highest BCUT2D eigenvalue weighted by Gasteiger charge is 2.40. The molecule has 6 atom stereocenters. The molecule has 0 amide bonds. The Hall–Kier alpha value is -6.74. The number of carbonyl (C=O) groups excluding carboxylic acids is 3. The Labute approximate surface area is 449 Å². The molecule has 3 aromatic heterocycles. The third-order valence-electron chi connectivity index (χ3n) is 14.1. The summed E-state index contributed by atoms with van der Waals surface area (Å²) in [4.78, 5) is 49.9. The van der Waals surface area contributed by atoms with Crippen LogP contribution in [0.5, 0.6) is 0 Å². The number of hydrogen-bond donors (Lipinski definition) is 0. The monoisotopic (exact) mass is 1100 g/mol. The fourth-order valence-corrected chi connectivity index (χ4v) is 10.8. The van der Waals surface area contributed by atoms with Crippen molar-refractivity contribution in [2.45, 2.75) is 115 Å². The molecule has 12 rings (SSSR count). The minimum atomic E-state index is -0.665. The lowest BCUT2D eigenvalue weighted by atomic mass is 9.92. The van der Waals surface area contributed by atoms with Gasteiger partial charge in [-0.3, -0.25) is 0 Å². The van der Waals surface area contributed by atoms with Crippen molar-refractivity contribution in [1.82, 2.24) is 15.0 Å². The summed E-state index contributed by atoms with van der Waals surface area (Å²) in [6, 6.07) is 15.0. The summed E-state index contributed by atoms with van der Waals surface area (Å²) in [6.07, 6.45) is 8.04. The van der Waals surface area contributed by atoms with Gasteiger partial charge in [-0.2, -0.15) is 3.89 Å². The van der Waals surface area contributed by atoms with Crippen LogP contribution in [-0.2, 0) is 47.7 Å². The van der Waals surface area contributed by atoms with E-state index in [1.807, 2.05) is 0 Å². The maximum absolute atomic E-state index is 14.4. The molecule has 20 heteroatoms. The molecule has 12 nitrogen and oxygen atoms in total. The lowest BCUT2D eigenvalue weighted by molar-refractivity contribution is 0.0288. The van der Waals surface area contributed by atoms with Crippen molar-refractivity contribution in [1.29, 1.82) is 0 Å². The van der Waals surface area contributed by atoms with Gasteiger partial charge >= 0.3 is 17.9 Å². The quantitative estimate of drug-likeness (QED) is 0.0770. The molecular weight excluding hydrogens is 1050 g/mol. The van der Waals surface area contributed by atoms with Gasteiger partial charge in [0.2, 0.25) is 0 Å². The Morgan fingerprint density at radius 1 is 0.462 bits per heavy atom. The smallest absolute Gasteiger partial charge is 0.356 e. The number of rotatable bonds is 9. The van der Waals surface area contributed by atoms with E-state index >= 15 is 0 Å². The number of aromatic nitrogens is 3. The third kappa shape index (κ3) is 12.0. The summed E-state index contributed by atoms with van der Waals surface area (Å²) in [5.74, 6) is -5.60. The second-order valence-electron chi connectivity index (χ2n) is 19.0. The summed E-state index contributed by atoms with van der Waals surface area (Å²) < 4.78 is 126. The maximum atomic E-state index is 14.4. The van der Waals surface area contributed by atoms with E-state index < -0.39 is 52.8 Å². The Bertz CT molecular complexity index is 2920. The van der Waals surface area contributed by atoms with Crippen molar-refractivity contribution in [3.63, 3.8) is 0 Å². The molecule has 3 saturated heterocycles.